The number of amides is 1. The third-order valence-electron chi connectivity index (χ3n) is 4.74. The summed E-state index contributed by atoms with van der Waals surface area (Å²) in [6.07, 6.45) is 4.31. The molecule has 0 unspecified atom stereocenters. The quantitative estimate of drug-likeness (QED) is 0.500. The molecule has 0 aliphatic rings. The molecule has 0 saturated heterocycles. The van der Waals surface area contributed by atoms with Crippen LogP contribution in [0.15, 0.2) is 84.0 Å². The molecule has 7 nitrogen and oxygen atoms in total. The highest BCUT2D eigenvalue weighted by atomic mass is 32.2. The average molecular weight is 420 g/mol. The van der Waals surface area contributed by atoms with Gasteiger partial charge in [0.2, 0.25) is 10.0 Å². The van der Waals surface area contributed by atoms with E-state index in [9.17, 15) is 13.2 Å². The number of benzene rings is 2. The first kappa shape index (κ1) is 19.8. The van der Waals surface area contributed by atoms with Crippen LogP contribution >= 0.6 is 0 Å². The number of nitrogens with two attached hydrogens (primary N) is 1. The second kappa shape index (κ2) is 8.10. The molecule has 0 fully saturated rings. The number of aromatic nitrogens is 2. The van der Waals surface area contributed by atoms with Gasteiger partial charge in [-0.1, -0.05) is 42.5 Å². The summed E-state index contributed by atoms with van der Waals surface area (Å²) in [5, 5.41) is 7.97. The third-order valence-corrected chi connectivity index (χ3v) is 5.67. The first-order valence-electron chi connectivity index (χ1n) is 9.34. The van der Waals surface area contributed by atoms with Crippen molar-refractivity contribution >= 4 is 21.6 Å². The molecule has 1 amide bonds. The number of carbonyl (C=O) groups excluding carboxylic acids is 1. The van der Waals surface area contributed by atoms with Gasteiger partial charge >= 0.3 is 0 Å². The SMILES string of the molecule is NS(=O)(=O)c1ccc(CCNC(=O)c2ccn3cc(-c4ccccc4)nc3c2)cc1. The summed E-state index contributed by atoms with van der Waals surface area (Å²) >= 11 is 0. The van der Waals surface area contributed by atoms with E-state index < -0.39 is 10.0 Å². The van der Waals surface area contributed by atoms with Crippen molar-refractivity contribution < 1.29 is 13.2 Å². The maximum atomic E-state index is 12.5. The Bertz CT molecular complexity index is 1300. The van der Waals surface area contributed by atoms with Crippen LogP contribution in [0.2, 0.25) is 0 Å². The number of hydrogen-bond acceptors (Lipinski definition) is 4. The number of hydrogen-bond donors (Lipinski definition) is 2. The lowest BCUT2D eigenvalue weighted by Crippen LogP contribution is -2.25. The van der Waals surface area contributed by atoms with Crippen molar-refractivity contribution in [3.05, 3.63) is 90.3 Å². The van der Waals surface area contributed by atoms with Crippen molar-refractivity contribution in [3.63, 3.8) is 0 Å². The Balaban J connectivity index is 1.41. The van der Waals surface area contributed by atoms with E-state index in [4.69, 9.17) is 5.14 Å². The maximum Gasteiger partial charge on any atom is 0.251 e. The lowest BCUT2D eigenvalue weighted by atomic mass is 10.1. The van der Waals surface area contributed by atoms with E-state index in [-0.39, 0.29) is 10.8 Å². The zero-order valence-corrected chi connectivity index (χ0v) is 16.8. The highest BCUT2D eigenvalue weighted by molar-refractivity contribution is 7.89. The largest absolute Gasteiger partial charge is 0.352 e. The van der Waals surface area contributed by atoms with Gasteiger partial charge in [-0.2, -0.15) is 0 Å². The second-order valence-electron chi connectivity index (χ2n) is 6.87. The Morgan fingerprint density at radius 2 is 1.77 bits per heavy atom. The van der Waals surface area contributed by atoms with Crippen molar-refractivity contribution in [1.82, 2.24) is 14.7 Å². The standard InChI is InChI=1S/C22H20N4O3S/c23-30(28,29)19-8-6-16(7-9-19)10-12-24-22(27)18-11-13-26-15-20(25-21(26)14-18)17-4-2-1-3-5-17/h1-9,11,13-15H,10,12H2,(H,24,27)(H2,23,28,29). The molecule has 2 aromatic heterocycles. The zero-order chi connectivity index (χ0) is 21.1. The van der Waals surface area contributed by atoms with Crippen LogP contribution in [0.5, 0.6) is 0 Å². The monoisotopic (exact) mass is 420 g/mol. The van der Waals surface area contributed by atoms with Crippen LogP contribution in [0.25, 0.3) is 16.9 Å². The van der Waals surface area contributed by atoms with Gasteiger partial charge in [0.15, 0.2) is 0 Å². The van der Waals surface area contributed by atoms with Crippen LogP contribution < -0.4 is 10.5 Å². The van der Waals surface area contributed by atoms with Crippen LogP contribution in [-0.2, 0) is 16.4 Å². The number of fused-ring (bicyclic) bond motifs is 1. The Morgan fingerprint density at radius 3 is 2.47 bits per heavy atom. The van der Waals surface area contributed by atoms with Gasteiger partial charge in [0.25, 0.3) is 5.91 Å². The van der Waals surface area contributed by atoms with Gasteiger partial charge in [0.05, 0.1) is 10.6 Å². The van der Waals surface area contributed by atoms with Crippen molar-refractivity contribution in [2.75, 3.05) is 6.54 Å². The van der Waals surface area contributed by atoms with Gasteiger partial charge in [0.1, 0.15) is 5.65 Å². The fourth-order valence-corrected chi connectivity index (χ4v) is 3.65. The summed E-state index contributed by atoms with van der Waals surface area (Å²) in [7, 11) is -3.70. The van der Waals surface area contributed by atoms with Crippen LogP contribution in [-0.4, -0.2) is 30.3 Å². The predicted molar refractivity (Wildman–Crippen MR) is 114 cm³/mol. The summed E-state index contributed by atoms with van der Waals surface area (Å²) in [5.41, 5.74) is 3.98. The van der Waals surface area contributed by atoms with Crippen molar-refractivity contribution in [1.29, 1.82) is 0 Å². The molecule has 2 heterocycles. The van der Waals surface area contributed by atoms with Crippen LogP contribution in [0.3, 0.4) is 0 Å². The maximum absolute atomic E-state index is 12.5. The predicted octanol–water partition coefficient (Wildman–Crippen LogP) is 2.62. The number of rotatable bonds is 6. The summed E-state index contributed by atoms with van der Waals surface area (Å²) in [4.78, 5) is 17.2. The molecule has 30 heavy (non-hydrogen) atoms. The fourth-order valence-electron chi connectivity index (χ4n) is 3.14. The van der Waals surface area contributed by atoms with E-state index in [2.05, 4.69) is 10.3 Å². The second-order valence-corrected chi connectivity index (χ2v) is 8.43. The Hall–Kier alpha value is -3.49. The van der Waals surface area contributed by atoms with Gasteiger partial charge in [-0.3, -0.25) is 4.79 Å². The summed E-state index contributed by atoms with van der Waals surface area (Å²) in [6.45, 7) is 0.419. The van der Waals surface area contributed by atoms with E-state index >= 15 is 0 Å². The number of pyridine rings is 1. The lowest BCUT2D eigenvalue weighted by Gasteiger charge is -2.06. The number of nitrogens with one attached hydrogen (secondary N) is 1. The molecule has 0 bridgehead atoms. The van der Waals surface area contributed by atoms with Crippen molar-refractivity contribution in [2.24, 2.45) is 5.14 Å². The molecule has 4 aromatic rings. The minimum Gasteiger partial charge on any atom is -0.352 e. The van der Waals surface area contributed by atoms with Gasteiger partial charge in [0, 0.05) is 30.1 Å². The smallest absolute Gasteiger partial charge is 0.251 e. The summed E-state index contributed by atoms with van der Waals surface area (Å²) in [5.74, 6) is -0.192. The van der Waals surface area contributed by atoms with Crippen LogP contribution in [0.4, 0.5) is 0 Å². The van der Waals surface area contributed by atoms with E-state index in [1.165, 1.54) is 12.1 Å². The van der Waals surface area contributed by atoms with Gasteiger partial charge in [-0.25, -0.2) is 18.5 Å². The molecule has 3 N–H and O–H groups in total. The van der Waals surface area contributed by atoms with Gasteiger partial charge < -0.3 is 9.72 Å². The van der Waals surface area contributed by atoms with Crippen molar-refractivity contribution in [3.8, 4) is 11.3 Å². The molecule has 2 aromatic carbocycles. The number of primary sulfonamides is 1. The number of imidazole rings is 1. The van der Waals surface area contributed by atoms with E-state index in [0.29, 0.717) is 24.2 Å². The molecule has 0 radical (unpaired) electrons. The van der Waals surface area contributed by atoms with Crippen LogP contribution in [0.1, 0.15) is 15.9 Å². The van der Waals surface area contributed by atoms with E-state index in [0.717, 1.165) is 16.8 Å². The molecule has 0 spiro atoms. The first-order chi connectivity index (χ1) is 14.4. The van der Waals surface area contributed by atoms with Crippen LogP contribution in [0, 0.1) is 0 Å². The van der Waals surface area contributed by atoms with E-state index in [1.807, 2.05) is 47.1 Å². The zero-order valence-electron chi connectivity index (χ0n) is 16.0. The van der Waals surface area contributed by atoms with E-state index in [1.54, 1.807) is 24.3 Å². The average Bonchev–Trinajstić information content (AvgIpc) is 3.17. The Labute approximate surface area is 174 Å². The minimum atomic E-state index is -3.70. The molecule has 8 heteroatoms. The first-order valence-corrected chi connectivity index (χ1v) is 10.9. The molecular formula is C22H20N4O3S. The molecule has 0 saturated carbocycles. The number of sulfonamides is 1. The van der Waals surface area contributed by atoms with Gasteiger partial charge in [-0.15, -0.1) is 0 Å². The minimum absolute atomic E-state index is 0.0677. The Kier molecular flexibility index (Phi) is 5.35. The van der Waals surface area contributed by atoms with Gasteiger partial charge in [-0.05, 0) is 36.2 Å². The molecule has 0 aliphatic carbocycles. The summed E-state index contributed by atoms with van der Waals surface area (Å²) < 4.78 is 24.5. The highest BCUT2D eigenvalue weighted by Crippen LogP contribution is 2.19. The molecule has 0 atom stereocenters. The summed E-state index contributed by atoms with van der Waals surface area (Å²) in [6, 6.07) is 19.7. The third kappa shape index (κ3) is 4.40. The molecule has 152 valence electrons. The molecule has 0 aliphatic heterocycles. The number of carbonyl (C=O) groups is 1. The lowest BCUT2D eigenvalue weighted by molar-refractivity contribution is 0.0954. The topological polar surface area (TPSA) is 107 Å². The fraction of sp³-hybridized carbons (Fsp3) is 0.0909. The highest BCUT2D eigenvalue weighted by Gasteiger charge is 2.10. The Morgan fingerprint density at radius 1 is 1.03 bits per heavy atom. The number of nitrogens with zero attached hydrogens (tertiary/aromatic N) is 2. The normalized spacial score (nSPS) is 11.5. The molecular weight excluding hydrogens is 400 g/mol. The van der Waals surface area contributed by atoms with Crippen molar-refractivity contribution in [2.45, 2.75) is 11.3 Å². The molecule has 4 rings (SSSR count).